The van der Waals surface area contributed by atoms with Crippen molar-refractivity contribution in [1.29, 1.82) is 0 Å². The molecule has 182 valence electrons. The van der Waals surface area contributed by atoms with Crippen molar-refractivity contribution in [3.8, 4) is 0 Å². The molecular formula is C28H56PtSi. The molecule has 0 aromatic carbocycles. The molecule has 0 saturated carbocycles. The van der Waals surface area contributed by atoms with Crippen molar-refractivity contribution >= 4 is 8.07 Å². The van der Waals surface area contributed by atoms with E-state index in [0.29, 0.717) is 0 Å². The fourth-order valence-corrected chi connectivity index (χ4v) is 6.67. The topological polar surface area (TPSA) is 0 Å². The first-order valence-electron chi connectivity index (χ1n) is 11.9. The second-order valence-corrected chi connectivity index (χ2v) is 13.9. The summed E-state index contributed by atoms with van der Waals surface area (Å²) in [7, 11) is -1.16. The van der Waals surface area contributed by atoms with E-state index in [0.717, 1.165) is 6.42 Å². The summed E-state index contributed by atoms with van der Waals surface area (Å²) in [5.74, 6) is 0. The van der Waals surface area contributed by atoms with Crippen LogP contribution >= 0.6 is 0 Å². The predicted octanol–water partition coefficient (Wildman–Crippen LogP) is 10.5. The van der Waals surface area contributed by atoms with E-state index >= 15 is 0 Å². The van der Waals surface area contributed by atoms with E-state index in [2.05, 4.69) is 38.2 Å². The van der Waals surface area contributed by atoms with E-state index < -0.39 is 8.07 Å². The van der Waals surface area contributed by atoms with Crippen LogP contribution in [0.2, 0.25) is 19.1 Å². The molecule has 1 rings (SSSR count). The number of rotatable bonds is 18. The van der Waals surface area contributed by atoms with Crippen LogP contribution in [0, 0.1) is 28.4 Å². The third-order valence-corrected chi connectivity index (χ3v) is 9.48. The van der Waals surface area contributed by atoms with Gasteiger partial charge in [0.15, 0.2) is 0 Å². The van der Waals surface area contributed by atoms with Gasteiger partial charge in [-0.25, -0.2) is 11.3 Å². The van der Waals surface area contributed by atoms with Crippen molar-refractivity contribution < 1.29 is 21.1 Å². The molecule has 0 fully saturated rings. The van der Waals surface area contributed by atoms with Crippen LogP contribution in [0.1, 0.15) is 116 Å². The zero-order valence-corrected chi connectivity index (χ0v) is 25.0. The Morgan fingerprint density at radius 2 is 1.03 bits per heavy atom. The molecule has 30 heavy (non-hydrogen) atoms. The average molecular weight is 616 g/mol. The zero-order chi connectivity index (χ0) is 18.9. The minimum Gasteiger partial charge on any atom is -0.358 e. The van der Waals surface area contributed by atoms with Gasteiger partial charge >= 0.3 is 21.1 Å². The molecule has 0 nitrogen and oxygen atoms in total. The van der Waals surface area contributed by atoms with Gasteiger partial charge in [0, 0.05) is 8.07 Å². The Labute approximate surface area is 209 Å². The molecule has 2 heteroatoms. The molecule has 0 atom stereocenters. The Morgan fingerprint density at radius 3 is 1.37 bits per heavy atom. The fraction of sp³-hybridized carbons (Fsp3) is 0.750. The molecule has 0 N–H and O–H groups in total. The maximum atomic E-state index is 3.57. The van der Waals surface area contributed by atoms with Crippen molar-refractivity contribution in [3.63, 3.8) is 0 Å². The summed E-state index contributed by atoms with van der Waals surface area (Å²) in [5.41, 5.74) is 0. The van der Waals surface area contributed by atoms with Crippen LogP contribution in [0.3, 0.4) is 0 Å². The third-order valence-electron chi connectivity index (χ3n) is 6.08. The minimum absolute atomic E-state index is 0. The second-order valence-electron chi connectivity index (χ2n) is 9.13. The molecule has 0 bridgehead atoms. The van der Waals surface area contributed by atoms with Crippen molar-refractivity contribution in [2.45, 2.75) is 135 Å². The summed E-state index contributed by atoms with van der Waals surface area (Å²) < 4.78 is 0. The summed E-state index contributed by atoms with van der Waals surface area (Å²) >= 11 is 0. The molecule has 0 saturated heterocycles. The van der Waals surface area contributed by atoms with Crippen LogP contribution in [0.15, 0.2) is 17.3 Å². The number of hydrogen-bond donors (Lipinski definition) is 0. The van der Waals surface area contributed by atoms with E-state index in [-0.39, 0.29) is 43.3 Å². The van der Waals surface area contributed by atoms with Gasteiger partial charge in [0.05, 0.1) is 0 Å². The van der Waals surface area contributed by atoms with E-state index in [4.69, 9.17) is 0 Å². The average Bonchev–Trinajstić information content (AvgIpc) is 3.17. The van der Waals surface area contributed by atoms with Gasteiger partial charge in [-0.2, -0.15) is 6.08 Å². The molecule has 0 spiro atoms. The summed E-state index contributed by atoms with van der Waals surface area (Å²) in [5, 5.41) is 1.58. The van der Waals surface area contributed by atoms with Gasteiger partial charge in [-0.15, -0.1) is 6.42 Å². The Balaban J connectivity index is -0.000000845. The molecule has 1 aliphatic carbocycles. The molecular weight excluding hydrogens is 559 g/mol. The van der Waals surface area contributed by atoms with E-state index in [9.17, 15) is 0 Å². The molecule has 0 heterocycles. The number of allylic oxidation sites excluding steroid dienone is 4. The van der Waals surface area contributed by atoms with Crippen LogP contribution in [0.25, 0.3) is 0 Å². The summed E-state index contributed by atoms with van der Waals surface area (Å²) in [6, 6.07) is 1.46. The monoisotopic (exact) mass is 615 g/mol. The van der Waals surface area contributed by atoms with E-state index in [1.54, 1.807) is 5.20 Å². The van der Waals surface area contributed by atoms with Gasteiger partial charge in [0.2, 0.25) is 0 Å². The maximum Gasteiger partial charge on any atom is 4.00 e. The van der Waals surface area contributed by atoms with Gasteiger partial charge < -0.3 is 22.3 Å². The SMILES string of the molecule is CCCCCCCCCCCCCCCCCC[Si](C)(C)C1=[C-]CC=C1.[CH3-].[CH3-].[CH3-].[Pt+4]. The maximum absolute atomic E-state index is 3.57. The van der Waals surface area contributed by atoms with Crippen molar-refractivity contribution in [3.05, 3.63) is 45.7 Å². The van der Waals surface area contributed by atoms with E-state index in [1.807, 2.05) is 0 Å². The molecule has 0 aromatic rings. The van der Waals surface area contributed by atoms with Gasteiger partial charge in [0.1, 0.15) is 0 Å². The smallest absolute Gasteiger partial charge is 0.358 e. The van der Waals surface area contributed by atoms with E-state index in [1.165, 1.54) is 109 Å². The summed E-state index contributed by atoms with van der Waals surface area (Å²) in [6.45, 7) is 7.35. The van der Waals surface area contributed by atoms with Gasteiger partial charge in [0.25, 0.3) is 0 Å². The van der Waals surface area contributed by atoms with Crippen LogP contribution in [-0.2, 0) is 21.1 Å². The zero-order valence-electron chi connectivity index (χ0n) is 21.7. The van der Waals surface area contributed by atoms with Crippen LogP contribution in [-0.4, -0.2) is 8.07 Å². The summed E-state index contributed by atoms with van der Waals surface area (Å²) in [4.78, 5) is 0. The molecule has 0 unspecified atom stereocenters. The molecule has 1 aliphatic rings. The van der Waals surface area contributed by atoms with Crippen molar-refractivity contribution in [1.82, 2.24) is 0 Å². The fourth-order valence-electron chi connectivity index (χ4n) is 4.12. The second kappa shape index (κ2) is 25.6. The number of unbranched alkanes of at least 4 members (excludes halogenated alkanes) is 15. The largest absolute Gasteiger partial charge is 4.00 e. The molecule has 0 radical (unpaired) electrons. The first-order valence-corrected chi connectivity index (χ1v) is 15.2. The van der Waals surface area contributed by atoms with Crippen LogP contribution < -0.4 is 0 Å². The Bertz CT molecular complexity index is 384. The molecule has 0 aromatic heterocycles. The van der Waals surface area contributed by atoms with Crippen LogP contribution in [0.4, 0.5) is 0 Å². The Hall–Kier alpha value is 0.385. The minimum atomic E-state index is -1.16. The predicted molar refractivity (Wildman–Crippen MR) is 142 cm³/mol. The van der Waals surface area contributed by atoms with Crippen molar-refractivity contribution in [2.24, 2.45) is 0 Å². The van der Waals surface area contributed by atoms with Gasteiger partial charge in [-0.3, -0.25) is 6.08 Å². The normalized spacial score (nSPS) is 12.3. The van der Waals surface area contributed by atoms with Gasteiger partial charge in [-0.1, -0.05) is 129 Å². The quantitative estimate of drug-likeness (QED) is 0.0818. The first kappa shape index (κ1) is 37.7. The Kier molecular flexibility index (Phi) is 32.2. The molecule has 0 amide bonds. The standard InChI is InChI=1S/C25H47Si.3CH3.Pt/c1-4-5-6-7-8-9-10-11-12-13-14-15-16-17-18-21-24-26(2,3)25-22-19-20-23-25;;;;/h19,22H,4-18,20-21,24H2,1-3H3;3*1H3;/q4*-1;+4. The van der Waals surface area contributed by atoms with Crippen LogP contribution in [0.5, 0.6) is 0 Å². The van der Waals surface area contributed by atoms with Gasteiger partial charge in [-0.05, 0) is 0 Å². The third kappa shape index (κ3) is 20.3. The number of hydrogen-bond acceptors (Lipinski definition) is 0. The van der Waals surface area contributed by atoms with Crippen molar-refractivity contribution in [2.75, 3.05) is 0 Å². The first-order chi connectivity index (χ1) is 12.7. The molecule has 0 aliphatic heterocycles. The Morgan fingerprint density at radius 1 is 0.667 bits per heavy atom. The summed E-state index contributed by atoms with van der Waals surface area (Å²) in [6.07, 6.45) is 32.6.